The molecule has 0 unspecified atom stereocenters. The molecule has 0 bridgehead atoms. The first-order valence-electron chi connectivity index (χ1n) is 4.51. The lowest BCUT2D eigenvalue weighted by molar-refractivity contribution is 0.439. The molecule has 3 N–H and O–H groups in total. The van der Waals surface area contributed by atoms with Crippen LogP contribution in [0.1, 0.15) is 12.0 Å². The third-order valence-corrected chi connectivity index (χ3v) is 1.87. The molecule has 0 atom stereocenters. The molecule has 0 spiro atoms. The smallest absolute Gasteiger partial charge is 0.123 e. The van der Waals surface area contributed by atoms with Gasteiger partial charge in [0.1, 0.15) is 11.5 Å². The van der Waals surface area contributed by atoms with E-state index in [1.54, 1.807) is 6.07 Å². The normalized spacial score (nSPS) is 10.4. The number of hydrogen-bond acceptors (Lipinski definition) is 3. The van der Waals surface area contributed by atoms with Gasteiger partial charge in [-0.15, -0.1) is 0 Å². The van der Waals surface area contributed by atoms with E-state index in [2.05, 4.69) is 5.32 Å². The summed E-state index contributed by atoms with van der Waals surface area (Å²) in [7, 11) is 0. The SMILES string of the molecule is Oc1ccc(CNCCCF)c(O)c1. The first-order chi connectivity index (χ1) is 6.74. The second kappa shape index (κ2) is 5.44. The van der Waals surface area contributed by atoms with Crippen molar-refractivity contribution in [1.82, 2.24) is 5.32 Å². The van der Waals surface area contributed by atoms with Crippen LogP contribution in [-0.4, -0.2) is 23.4 Å². The number of aromatic hydroxyl groups is 2. The van der Waals surface area contributed by atoms with Crippen molar-refractivity contribution in [1.29, 1.82) is 0 Å². The van der Waals surface area contributed by atoms with Crippen LogP contribution in [-0.2, 0) is 6.54 Å². The number of hydrogen-bond donors (Lipinski definition) is 3. The molecule has 1 rings (SSSR count). The standard InChI is InChI=1S/C10H14FNO2/c11-4-1-5-12-7-8-2-3-9(13)6-10(8)14/h2-3,6,12-14H,1,4-5,7H2. The summed E-state index contributed by atoms with van der Waals surface area (Å²) in [5.41, 5.74) is 0.696. The third-order valence-electron chi connectivity index (χ3n) is 1.87. The Labute approximate surface area is 82.2 Å². The van der Waals surface area contributed by atoms with Crippen LogP contribution in [0.15, 0.2) is 18.2 Å². The van der Waals surface area contributed by atoms with Crippen molar-refractivity contribution < 1.29 is 14.6 Å². The van der Waals surface area contributed by atoms with Crippen molar-refractivity contribution in [3.8, 4) is 11.5 Å². The number of halogens is 1. The van der Waals surface area contributed by atoms with Gasteiger partial charge in [0.2, 0.25) is 0 Å². The van der Waals surface area contributed by atoms with E-state index in [-0.39, 0.29) is 18.2 Å². The van der Waals surface area contributed by atoms with Crippen molar-refractivity contribution in [3.05, 3.63) is 23.8 Å². The molecular formula is C10H14FNO2. The van der Waals surface area contributed by atoms with Gasteiger partial charge in [0, 0.05) is 18.2 Å². The number of phenols is 2. The summed E-state index contributed by atoms with van der Waals surface area (Å²) in [4.78, 5) is 0. The van der Waals surface area contributed by atoms with E-state index >= 15 is 0 Å². The van der Waals surface area contributed by atoms with Crippen LogP contribution in [0.2, 0.25) is 0 Å². The van der Waals surface area contributed by atoms with Gasteiger partial charge in [0.25, 0.3) is 0 Å². The van der Waals surface area contributed by atoms with Gasteiger partial charge in [0.15, 0.2) is 0 Å². The summed E-state index contributed by atoms with van der Waals surface area (Å²) in [5, 5.41) is 21.4. The van der Waals surface area contributed by atoms with Gasteiger partial charge >= 0.3 is 0 Å². The van der Waals surface area contributed by atoms with Crippen molar-refractivity contribution in [2.45, 2.75) is 13.0 Å². The average Bonchev–Trinajstić information content (AvgIpc) is 2.15. The lowest BCUT2D eigenvalue weighted by Crippen LogP contribution is -2.15. The molecule has 0 fully saturated rings. The number of nitrogens with one attached hydrogen (secondary N) is 1. The number of phenolic OH excluding ortho intramolecular Hbond substituents is 2. The van der Waals surface area contributed by atoms with Gasteiger partial charge in [-0.2, -0.15) is 0 Å². The van der Waals surface area contributed by atoms with E-state index in [0.29, 0.717) is 25.1 Å². The number of alkyl halides is 1. The molecule has 4 heteroatoms. The first kappa shape index (κ1) is 10.8. The highest BCUT2D eigenvalue weighted by Crippen LogP contribution is 2.21. The molecule has 78 valence electrons. The fourth-order valence-corrected chi connectivity index (χ4v) is 1.12. The van der Waals surface area contributed by atoms with Crippen molar-refractivity contribution in [2.24, 2.45) is 0 Å². The average molecular weight is 199 g/mol. The molecule has 0 heterocycles. The van der Waals surface area contributed by atoms with Gasteiger partial charge < -0.3 is 15.5 Å². The summed E-state index contributed by atoms with van der Waals surface area (Å²) >= 11 is 0. The van der Waals surface area contributed by atoms with E-state index < -0.39 is 0 Å². The maximum absolute atomic E-state index is 11.7. The largest absolute Gasteiger partial charge is 0.508 e. The predicted molar refractivity (Wildman–Crippen MR) is 52.1 cm³/mol. The minimum Gasteiger partial charge on any atom is -0.508 e. The van der Waals surface area contributed by atoms with Crippen molar-refractivity contribution in [2.75, 3.05) is 13.2 Å². The molecule has 0 amide bonds. The number of benzene rings is 1. The van der Waals surface area contributed by atoms with Crippen LogP contribution in [0.4, 0.5) is 4.39 Å². The zero-order valence-corrected chi connectivity index (χ0v) is 7.83. The Morgan fingerprint density at radius 2 is 2.07 bits per heavy atom. The zero-order valence-electron chi connectivity index (χ0n) is 7.83. The second-order valence-corrected chi connectivity index (χ2v) is 3.03. The molecule has 3 nitrogen and oxygen atoms in total. The van der Waals surface area contributed by atoms with E-state index in [0.717, 1.165) is 0 Å². The van der Waals surface area contributed by atoms with Gasteiger partial charge in [-0.3, -0.25) is 4.39 Å². The maximum atomic E-state index is 11.7. The van der Waals surface area contributed by atoms with Crippen LogP contribution >= 0.6 is 0 Å². The second-order valence-electron chi connectivity index (χ2n) is 3.03. The molecule has 0 radical (unpaired) electrons. The highest BCUT2D eigenvalue weighted by Gasteiger charge is 2.00. The lowest BCUT2D eigenvalue weighted by Gasteiger charge is -2.05. The predicted octanol–water partition coefficient (Wildman–Crippen LogP) is 1.55. The fraction of sp³-hybridized carbons (Fsp3) is 0.400. The molecule has 0 saturated carbocycles. The lowest BCUT2D eigenvalue weighted by atomic mass is 10.2. The van der Waals surface area contributed by atoms with Crippen molar-refractivity contribution >= 4 is 0 Å². The summed E-state index contributed by atoms with van der Waals surface area (Å²) < 4.78 is 11.7. The molecule has 0 aromatic heterocycles. The first-order valence-corrected chi connectivity index (χ1v) is 4.51. The Kier molecular flexibility index (Phi) is 4.19. The minimum absolute atomic E-state index is 0.0370. The van der Waals surface area contributed by atoms with E-state index in [9.17, 15) is 9.50 Å². The van der Waals surface area contributed by atoms with E-state index in [4.69, 9.17) is 5.11 Å². The zero-order chi connectivity index (χ0) is 10.4. The van der Waals surface area contributed by atoms with Gasteiger partial charge in [0.05, 0.1) is 6.67 Å². The Morgan fingerprint density at radius 3 is 2.71 bits per heavy atom. The van der Waals surface area contributed by atoms with Crippen LogP contribution in [0, 0.1) is 0 Å². The van der Waals surface area contributed by atoms with Crippen LogP contribution in [0.25, 0.3) is 0 Å². The molecule has 0 aliphatic carbocycles. The molecule has 0 aliphatic heterocycles. The molecule has 0 aliphatic rings. The number of rotatable bonds is 5. The monoisotopic (exact) mass is 199 g/mol. The van der Waals surface area contributed by atoms with Gasteiger partial charge in [-0.05, 0) is 19.0 Å². The quantitative estimate of drug-likeness (QED) is 0.630. The molecular weight excluding hydrogens is 185 g/mol. The van der Waals surface area contributed by atoms with Crippen LogP contribution in [0.3, 0.4) is 0 Å². The maximum Gasteiger partial charge on any atom is 0.123 e. The van der Waals surface area contributed by atoms with Crippen LogP contribution in [0.5, 0.6) is 11.5 Å². The summed E-state index contributed by atoms with van der Waals surface area (Å²) in [6, 6.07) is 4.42. The van der Waals surface area contributed by atoms with Gasteiger partial charge in [-0.25, -0.2) is 0 Å². The summed E-state index contributed by atoms with van der Waals surface area (Å²) in [6.45, 7) is 0.720. The van der Waals surface area contributed by atoms with E-state index in [1.165, 1.54) is 12.1 Å². The van der Waals surface area contributed by atoms with Crippen molar-refractivity contribution in [3.63, 3.8) is 0 Å². The summed E-state index contributed by atoms with van der Waals surface area (Å²) in [5.74, 6) is 0.0905. The molecule has 0 saturated heterocycles. The summed E-state index contributed by atoms with van der Waals surface area (Å²) in [6.07, 6.45) is 0.471. The Bertz CT molecular complexity index is 291. The Morgan fingerprint density at radius 1 is 1.29 bits per heavy atom. The van der Waals surface area contributed by atoms with Gasteiger partial charge in [-0.1, -0.05) is 6.07 Å². The fourth-order valence-electron chi connectivity index (χ4n) is 1.12. The topological polar surface area (TPSA) is 52.5 Å². The minimum atomic E-state index is -0.339. The Hall–Kier alpha value is -1.29. The molecule has 1 aromatic carbocycles. The van der Waals surface area contributed by atoms with Crippen LogP contribution < -0.4 is 5.32 Å². The van der Waals surface area contributed by atoms with E-state index in [1.807, 2.05) is 0 Å². The highest BCUT2D eigenvalue weighted by molar-refractivity contribution is 5.38. The molecule has 1 aromatic rings. The third kappa shape index (κ3) is 3.22. The molecule has 14 heavy (non-hydrogen) atoms. The Balaban J connectivity index is 2.42. The highest BCUT2D eigenvalue weighted by atomic mass is 19.1.